The van der Waals surface area contributed by atoms with Crippen LogP contribution in [-0.4, -0.2) is 16.4 Å². The van der Waals surface area contributed by atoms with Crippen LogP contribution in [0.5, 0.6) is 0 Å². The van der Waals surface area contributed by atoms with Crippen LogP contribution >= 0.6 is 11.6 Å². The van der Waals surface area contributed by atoms with Crippen molar-refractivity contribution in [1.82, 2.24) is 4.98 Å². The van der Waals surface area contributed by atoms with Gasteiger partial charge in [-0.1, -0.05) is 35.9 Å². The van der Waals surface area contributed by atoms with Gasteiger partial charge in [-0.15, -0.1) is 0 Å². The topological polar surface area (TPSA) is 37.6 Å². The van der Waals surface area contributed by atoms with Gasteiger partial charge < -0.3 is 0 Å². The molecule has 0 spiro atoms. The van der Waals surface area contributed by atoms with Crippen LogP contribution in [-0.2, 0) is 0 Å². The first-order valence-electron chi connectivity index (χ1n) is 8.84. The normalized spacial score (nSPS) is 12.3. The molecule has 2 aromatic carbocycles. The summed E-state index contributed by atoms with van der Waals surface area (Å²) in [6.07, 6.45) is 0. The van der Waals surface area contributed by atoms with Gasteiger partial charge in [-0.2, -0.15) is 0 Å². The summed E-state index contributed by atoms with van der Waals surface area (Å²) in [5, 5.41) is 0.699. The molecule has 0 amide bonds. The fourth-order valence-corrected chi connectivity index (χ4v) is 2.94. The molecule has 0 unspecified atom stereocenters. The minimum absolute atomic E-state index is 0.699. The number of halogens is 1. The molecule has 0 saturated heterocycles. The zero-order chi connectivity index (χ0) is 19.4. The highest BCUT2D eigenvalue weighted by Crippen LogP contribution is 2.24. The smallest absolute Gasteiger partial charge is 0.0849 e. The summed E-state index contributed by atoms with van der Waals surface area (Å²) in [6, 6.07) is 19.6. The van der Waals surface area contributed by atoms with Crippen LogP contribution in [0.3, 0.4) is 0 Å². The van der Waals surface area contributed by atoms with Crippen molar-refractivity contribution >= 4 is 34.4 Å². The minimum atomic E-state index is 0.699. The van der Waals surface area contributed by atoms with Gasteiger partial charge in [0.1, 0.15) is 0 Å². The van der Waals surface area contributed by atoms with Gasteiger partial charge in [-0.3, -0.25) is 9.98 Å². The van der Waals surface area contributed by atoms with Crippen LogP contribution < -0.4 is 0 Å². The number of aliphatic imine (C=N–C) groups is 2. The quantitative estimate of drug-likeness (QED) is 0.471. The van der Waals surface area contributed by atoms with Crippen molar-refractivity contribution in [2.24, 2.45) is 9.98 Å². The van der Waals surface area contributed by atoms with Crippen molar-refractivity contribution in [3.8, 4) is 0 Å². The number of nitrogens with zero attached hydrogens (tertiary/aromatic N) is 3. The number of aryl methyl sites for hydroxylation is 2. The standard InChI is InChI=1S/C23H22ClN3/c1-15-7-5-8-16(2)23(15)26-18(4)22-10-6-9-21(27-22)17(3)25-20-13-11-19(24)12-14-20/h5-14H,1-4H3. The van der Waals surface area contributed by atoms with Crippen LogP contribution in [0.25, 0.3) is 0 Å². The minimum Gasteiger partial charge on any atom is -0.252 e. The number of aromatic nitrogens is 1. The van der Waals surface area contributed by atoms with Gasteiger partial charge in [0.15, 0.2) is 0 Å². The first kappa shape index (κ1) is 19.0. The Morgan fingerprint density at radius 3 is 1.85 bits per heavy atom. The number of pyridine rings is 1. The zero-order valence-corrected chi connectivity index (χ0v) is 16.7. The van der Waals surface area contributed by atoms with E-state index in [1.165, 1.54) is 0 Å². The van der Waals surface area contributed by atoms with Crippen LogP contribution in [0.2, 0.25) is 5.02 Å². The van der Waals surface area contributed by atoms with Crippen LogP contribution in [0, 0.1) is 13.8 Å². The number of para-hydroxylation sites is 1. The van der Waals surface area contributed by atoms with Crippen molar-refractivity contribution in [3.63, 3.8) is 0 Å². The summed E-state index contributed by atoms with van der Waals surface area (Å²) in [5.41, 5.74) is 7.59. The van der Waals surface area contributed by atoms with Crippen molar-refractivity contribution in [2.45, 2.75) is 27.7 Å². The van der Waals surface area contributed by atoms with Crippen LogP contribution in [0.4, 0.5) is 11.4 Å². The van der Waals surface area contributed by atoms with E-state index in [-0.39, 0.29) is 0 Å². The molecule has 0 fully saturated rings. The number of rotatable bonds is 4. The number of benzene rings is 2. The second kappa shape index (κ2) is 8.28. The van der Waals surface area contributed by atoms with E-state index in [4.69, 9.17) is 21.6 Å². The Balaban J connectivity index is 1.93. The summed E-state index contributed by atoms with van der Waals surface area (Å²) >= 11 is 5.94. The van der Waals surface area contributed by atoms with E-state index >= 15 is 0 Å². The lowest BCUT2D eigenvalue weighted by Crippen LogP contribution is -2.05. The average molecular weight is 376 g/mol. The van der Waals surface area contributed by atoms with Gasteiger partial charge in [0.05, 0.1) is 34.2 Å². The average Bonchev–Trinajstić information content (AvgIpc) is 2.66. The first-order valence-corrected chi connectivity index (χ1v) is 9.22. The highest BCUT2D eigenvalue weighted by atomic mass is 35.5. The Kier molecular flexibility index (Phi) is 5.82. The Bertz CT molecular complexity index is 998. The third-order valence-electron chi connectivity index (χ3n) is 4.33. The summed E-state index contributed by atoms with van der Waals surface area (Å²) in [6.45, 7) is 8.10. The SMILES string of the molecule is CC(=Nc1ccc(Cl)cc1)c1cccc(C(C)=Nc2c(C)cccc2C)n1. The Labute approximate surface area is 165 Å². The molecular weight excluding hydrogens is 354 g/mol. The van der Waals surface area contributed by atoms with Gasteiger partial charge in [0.25, 0.3) is 0 Å². The molecule has 0 bridgehead atoms. The summed E-state index contributed by atoms with van der Waals surface area (Å²) in [7, 11) is 0. The molecule has 136 valence electrons. The molecule has 3 nitrogen and oxygen atoms in total. The second-order valence-corrected chi connectivity index (χ2v) is 6.96. The van der Waals surface area contributed by atoms with Gasteiger partial charge in [-0.05, 0) is 75.2 Å². The van der Waals surface area contributed by atoms with Crippen LogP contribution in [0.15, 0.2) is 70.6 Å². The maximum atomic E-state index is 5.94. The molecule has 1 heterocycles. The van der Waals surface area contributed by atoms with Crippen LogP contribution in [0.1, 0.15) is 36.4 Å². The lowest BCUT2D eigenvalue weighted by Gasteiger charge is -2.08. The number of hydrogen-bond donors (Lipinski definition) is 0. The molecule has 27 heavy (non-hydrogen) atoms. The maximum Gasteiger partial charge on any atom is 0.0849 e. The molecule has 0 saturated carbocycles. The van der Waals surface area contributed by atoms with E-state index in [0.29, 0.717) is 5.02 Å². The molecule has 4 heteroatoms. The maximum absolute atomic E-state index is 5.94. The lowest BCUT2D eigenvalue weighted by molar-refractivity contribution is 1.23. The van der Waals surface area contributed by atoms with Gasteiger partial charge >= 0.3 is 0 Å². The Morgan fingerprint density at radius 2 is 1.26 bits per heavy atom. The largest absolute Gasteiger partial charge is 0.252 e. The van der Waals surface area contributed by atoms with Gasteiger partial charge in [0.2, 0.25) is 0 Å². The highest BCUT2D eigenvalue weighted by molar-refractivity contribution is 6.30. The number of hydrogen-bond acceptors (Lipinski definition) is 3. The molecular formula is C23H22ClN3. The predicted octanol–water partition coefficient (Wildman–Crippen LogP) is 6.63. The van der Waals surface area contributed by atoms with Crippen molar-refractivity contribution in [3.05, 3.63) is 88.2 Å². The molecule has 1 aromatic heterocycles. The van der Waals surface area contributed by atoms with Crippen molar-refractivity contribution < 1.29 is 0 Å². The monoisotopic (exact) mass is 375 g/mol. The molecule has 0 aliphatic carbocycles. The first-order chi connectivity index (χ1) is 12.9. The molecule has 0 aliphatic rings. The molecule has 3 aromatic rings. The summed E-state index contributed by atoms with van der Waals surface area (Å²) in [5.74, 6) is 0. The third kappa shape index (κ3) is 4.69. The Morgan fingerprint density at radius 1 is 0.741 bits per heavy atom. The highest BCUT2D eigenvalue weighted by Gasteiger charge is 2.07. The fraction of sp³-hybridized carbons (Fsp3) is 0.174. The van der Waals surface area contributed by atoms with Gasteiger partial charge in [-0.25, -0.2) is 4.98 Å². The van der Waals surface area contributed by atoms with E-state index in [0.717, 1.165) is 45.3 Å². The van der Waals surface area contributed by atoms with Crippen molar-refractivity contribution in [1.29, 1.82) is 0 Å². The molecule has 0 atom stereocenters. The zero-order valence-electron chi connectivity index (χ0n) is 16.0. The van der Waals surface area contributed by atoms with E-state index in [9.17, 15) is 0 Å². The fourth-order valence-electron chi connectivity index (χ4n) is 2.81. The van der Waals surface area contributed by atoms with E-state index in [2.05, 4.69) is 37.0 Å². The molecule has 0 aliphatic heterocycles. The van der Waals surface area contributed by atoms with E-state index < -0.39 is 0 Å². The molecule has 0 radical (unpaired) electrons. The molecule has 3 rings (SSSR count). The van der Waals surface area contributed by atoms with E-state index in [1.54, 1.807) is 0 Å². The van der Waals surface area contributed by atoms with Gasteiger partial charge in [0, 0.05) is 5.02 Å². The Hall–Kier alpha value is -2.78. The summed E-state index contributed by atoms with van der Waals surface area (Å²) < 4.78 is 0. The van der Waals surface area contributed by atoms with E-state index in [1.807, 2.05) is 56.3 Å². The predicted molar refractivity (Wildman–Crippen MR) is 115 cm³/mol. The summed E-state index contributed by atoms with van der Waals surface area (Å²) in [4.78, 5) is 14.2. The molecule has 0 N–H and O–H groups in total. The lowest BCUT2D eigenvalue weighted by atomic mass is 10.1. The third-order valence-corrected chi connectivity index (χ3v) is 4.58. The second-order valence-electron chi connectivity index (χ2n) is 6.52. The van der Waals surface area contributed by atoms with Crippen molar-refractivity contribution in [2.75, 3.05) is 0 Å².